The van der Waals surface area contributed by atoms with E-state index in [1.54, 1.807) is 44.4 Å². The summed E-state index contributed by atoms with van der Waals surface area (Å²) in [6.07, 6.45) is 6.35. The van der Waals surface area contributed by atoms with Gasteiger partial charge >= 0.3 is 18.2 Å². The topological polar surface area (TPSA) is 170 Å². The minimum Gasteiger partial charge on any atom is -0.461 e. The standard InChI is InChI=1S/C39H41F2N9O6S/c1-38(2,3)55-36(51)47-34-22(13-42)27-30(44-14-25(40)32(27)57-34)26-23-17-53-18-24(23)28-31(29(26)41)45-35(54-12-11-48-10-9-43-19-48)46-33(28)50-20-7-8-21(50)16-49(15-20)37(52)56-39(4,5)6/h9-10,14,19-21H,7-8,11-12,15-18H2,1-6H3,(H,47,51). The summed E-state index contributed by atoms with van der Waals surface area (Å²) in [7, 11) is 0. The number of aromatic nitrogens is 5. The number of ether oxygens (including phenoxy) is 4. The smallest absolute Gasteiger partial charge is 0.412 e. The molecule has 2 atom stereocenters. The third-order valence-corrected chi connectivity index (χ3v) is 11.0. The Hall–Kier alpha value is -5.67. The van der Waals surface area contributed by atoms with Crippen molar-refractivity contribution in [3.63, 3.8) is 0 Å². The zero-order chi connectivity index (χ0) is 40.4. The fraction of sp³-hybridized carbons (Fsp3) is 0.462. The summed E-state index contributed by atoms with van der Waals surface area (Å²) in [5.74, 6) is -1.08. The number of anilines is 2. The number of hydrogen-bond acceptors (Lipinski definition) is 13. The van der Waals surface area contributed by atoms with Gasteiger partial charge in [0.25, 0.3) is 0 Å². The maximum atomic E-state index is 17.7. The van der Waals surface area contributed by atoms with Gasteiger partial charge in [0.05, 0.1) is 53.6 Å². The second-order valence-corrected chi connectivity index (χ2v) is 17.2. The highest BCUT2D eigenvalue weighted by Crippen LogP contribution is 2.48. The van der Waals surface area contributed by atoms with Crippen LogP contribution in [0.3, 0.4) is 0 Å². The molecule has 5 aromatic rings. The minimum absolute atomic E-state index is 0.00102. The molecule has 0 saturated carbocycles. The normalized spacial score (nSPS) is 17.9. The van der Waals surface area contributed by atoms with Gasteiger partial charge in [0, 0.05) is 48.5 Å². The van der Waals surface area contributed by atoms with Crippen LogP contribution in [0.25, 0.3) is 32.2 Å². The van der Waals surface area contributed by atoms with Crippen LogP contribution in [-0.4, -0.2) is 84.6 Å². The van der Waals surface area contributed by atoms with Crippen LogP contribution in [0, 0.1) is 23.0 Å². The number of halogens is 2. The summed E-state index contributed by atoms with van der Waals surface area (Å²) in [5.41, 5.74) is -0.601. The van der Waals surface area contributed by atoms with Gasteiger partial charge in [0.1, 0.15) is 40.2 Å². The Balaban J connectivity index is 1.28. The second-order valence-electron chi connectivity index (χ2n) is 16.2. The van der Waals surface area contributed by atoms with Crippen LogP contribution in [0.2, 0.25) is 0 Å². The van der Waals surface area contributed by atoms with Gasteiger partial charge in [-0.1, -0.05) is 0 Å². The van der Waals surface area contributed by atoms with Crippen molar-refractivity contribution in [3.8, 4) is 23.3 Å². The predicted octanol–water partition coefficient (Wildman–Crippen LogP) is 7.30. The molecule has 2 bridgehead atoms. The number of likely N-dealkylation sites (tertiary alicyclic amines) is 1. The summed E-state index contributed by atoms with van der Waals surface area (Å²) in [6.45, 7) is 12.0. The van der Waals surface area contributed by atoms with Crippen LogP contribution in [0.15, 0.2) is 24.9 Å². The number of pyridine rings is 1. The minimum atomic E-state index is -0.839. The highest BCUT2D eigenvalue weighted by atomic mass is 32.1. The Morgan fingerprint density at radius 2 is 1.75 bits per heavy atom. The van der Waals surface area contributed by atoms with Gasteiger partial charge in [-0.05, 0) is 65.5 Å². The third kappa shape index (κ3) is 7.25. The number of rotatable bonds is 7. The summed E-state index contributed by atoms with van der Waals surface area (Å²) in [4.78, 5) is 47.9. The highest BCUT2D eigenvalue weighted by Gasteiger charge is 2.45. The molecule has 1 N–H and O–H groups in total. The molecule has 15 nitrogen and oxygen atoms in total. The molecule has 7 heterocycles. The molecular weight excluding hydrogens is 761 g/mol. The molecule has 2 fully saturated rings. The van der Waals surface area contributed by atoms with E-state index < -0.39 is 35.0 Å². The molecule has 2 unspecified atom stereocenters. The molecule has 4 aromatic heterocycles. The first-order valence-corrected chi connectivity index (χ1v) is 19.4. The van der Waals surface area contributed by atoms with Crippen LogP contribution in [0.5, 0.6) is 6.01 Å². The largest absolute Gasteiger partial charge is 0.461 e. The van der Waals surface area contributed by atoms with Crippen LogP contribution in [0.4, 0.5) is 29.2 Å². The SMILES string of the molecule is CC(C)(C)OC(=O)Nc1sc2c(F)cnc(-c3c4c(c5c(N6C7CCC6CN(C(=O)OC(C)(C)C)C7)nc(OCCn6ccnc6)nc5c3F)COC4)c2c1C#N. The summed E-state index contributed by atoms with van der Waals surface area (Å²) >= 11 is 0.826. The van der Waals surface area contributed by atoms with E-state index in [4.69, 9.17) is 23.9 Å². The maximum absolute atomic E-state index is 17.7. The van der Waals surface area contributed by atoms with Crippen molar-refractivity contribution in [2.24, 2.45) is 0 Å². The molecule has 0 spiro atoms. The van der Waals surface area contributed by atoms with E-state index in [0.29, 0.717) is 42.0 Å². The van der Waals surface area contributed by atoms with Crippen LogP contribution in [-0.2, 0) is 34.0 Å². The quantitative estimate of drug-likeness (QED) is 0.175. The van der Waals surface area contributed by atoms with E-state index >= 15 is 8.78 Å². The number of thiophene rings is 1. The van der Waals surface area contributed by atoms with Crippen molar-refractivity contribution in [2.45, 2.75) is 97.4 Å². The van der Waals surface area contributed by atoms with E-state index in [1.807, 2.05) is 25.3 Å². The van der Waals surface area contributed by atoms with Crippen LogP contribution >= 0.6 is 11.3 Å². The lowest BCUT2D eigenvalue weighted by Gasteiger charge is -2.42. The first kappa shape index (κ1) is 38.2. The Morgan fingerprint density at radius 3 is 2.42 bits per heavy atom. The van der Waals surface area contributed by atoms with Crippen molar-refractivity contribution >= 4 is 55.3 Å². The van der Waals surface area contributed by atoms with E-state index in [1.165, 1.54) is 0 Å². The zero-order valence-corrected chi connectivity index (χ0v) is 33.1. The predicted molar refractivity (Wildman–Crippen MR) is 206 cm³/mol. The number of imidazole rings is 1. The fourth-order valence-corrected chi connectivity index (χ4v) is 8.77. The number of nitrogens with one attached hydrogen (secondary N) is 1. The monoisotopic (exact) mass is 801 g/mol. The van der Waals surface area contributed by atoms with Gasteiger partial charge in [-0.3, -0.25) is 10.3 Å². The number of benzene rings is 1. The molecule has 2 saturated heterocycles. The van der Waals surface area contributed by atoms with Gasteiger partial charge in [-0.15, -0.1) is 11.3 Å². The number of carbonyl (C=O) groups excluding carboxylic acids is 2. The molecule has 18 heteroatoms. The zero-order valence-electron chi connectivity index (χ0n) is 32.3. The molecular formula is C39H41F2N9O6S. The molecule has 0 radical (unpaired) electrons. The number of nitriles is 1. The highest BCUT2D eigenvalue weighted by molar-refractivity contribution is 7.23. The van der Waals surface area contributed by atoms with Crippen molar-refractivity contribution in [1.82, 2.24) is 29.4 Å². The second kappa shape index (κ2) is 14.4. The molecule has 3 aliphatic heterocycles. The number of nitrogens with zero attached hydrogens (tertiary/aromatic N) is 8. The summed E-state index contributed by atoms with van der Waals surface area (Å²) < 4.78 is 58.2. The van der Waals surface area contributed by atoms with E-state index in [2.05, 4.69) is 31.2 Å². The number of fused-ring (bicyclic) bond motifs is 6. The number of piperazine rings is 1. The Labute approximate surface area is 330 Å². The lowest BCUT2D eigenvalue weighted by atomic mass is 9.93. The van der Waals surface area contributed by atoms with Crippen molar-refractivity contribution < 1.29 is 37.3 Å². The lowest BCUT2D eigenvalue weighted by Crippen LogP contribution is -2.56. The Morgan fingerprint density at radius 1 is 1.04 bits per heavy atom. The van der Waals surface area contributed by atoms with Gasteiger partial charge < -0.3 is 33.3 Å². The molecule has 57 heavy (non-hydrogen) atoms. The average Bonchev–Trinajstić information content (AvgIpc) is 3.94. The van der Waals surface area contributed by atoms with E-state index in [0.717, 1.165) is 30.4 Å². The fourth-order valence-electron chi connectivity index (χ4n) is 7.73. The number of carbonyl (C=O) groups is 2. The maximum Gasteiger partial charge on any atom is 0.412 e. The first-order chi connectivity index (χ1) is 27.1. The third-order valence-electron chi connectivity index (χ3n) is 9.91. The Bertz CT molecular complexity index is 2440. The van der Waals surface area contributed by atoms with E-state index in [-0.39, 0.29) is 75.3 Å². The van der Waals surface area contributed by atoms with Gasteiger partial charge in [0.2, 0.25) is 0 Å². The average molecular weight is 802 g/mol. The van der Waals surface area contributed by atoms with Gasteiger partial charge in [0.15, 0.2) is 11.6 Å². The van der Waals surface area contributed by atoms with Crippen molar-refractivity contribution in [2.75, 3.05) is 29.9 Å². The molecule has 0 aliphatic carbocycles. The van der Waals surface area contributed by atoms with Crippen LogP contribution < -0.4 is 15.0 Å². The first-order valence-electron chi connectivity index (χ1n) is 18.6. The van der Waals surface area contributed by atoms with Gasteiger partial charge in [-0.25, -0.2) is 23.4 Å². The molecule has 1 aromatic carbocycles. The van der Waals surface area contributed by atoms with Crippen molar-refractivity contribution in [1.29, 1.82) is 5.26 Å². The molecule has 2 amide bonds. The summed E-state index contributed by atoms with van der Waals surface area (Å²) in [5, 5.41) is 13.5. The number of amides is 2. The number of hydrogen-bond donors (Lipinski definition) is 1. The molecule has 298 valence electrons. The lowest BCUT2D eigenvalue weighted by molar-refractivity contribution is 0.0209. The Kier molecular flexibility index (Phi) is 9.63. The van der Waals surface area contributed by atoms with Gasteiger partial charge in [-0.2, -0.15) is 15.2 Å². The van der Waals surface area contributed by atoms with Crippen LogP contribution in [0.1, 0.15) is 71.1 Å². The summed E-state index contributed by atoms with van der Waals surface area (Å²) in [6, 6.07) is 1.68. The molecule has 3 aliphatic rings. The van der Waals surface area contributed by atoms with E-state index in [9.17, 15) is 14.9 Å². The van der Waals surface area contributed by atoms with Crippen molar-refractivity contribution in [3.05, 3.63) is 53.2 Å². The molecule has 8 rings (SSSR count).